The maximum Gasteiger partial charge on any atom is 0.405 e. The number of carbonyl (C=O) groups is 1. The topological polar surface area (TPSA) is 50.4 Å². The smallest absolute Gasteiger partial charge is 0.405 e. The number of amides is 1. The minimum atomic E-state index is -4.42. The summed E-state index contributed by atoms with van der Waals surface area (Å²) < 4.78 is 40.7. The van der Waals surface area contributed by atoms with Crippen LogP contribution in [0.3, 0.4) is 0 Å². The van der Waals surface area contributed by atoms with Crippen molar-refractivity contribution < 1.29 is 22.7 Å². The molecular weight excluding hydrogens is 273 g/mol. The van der Waals surface area contributed by atoms with Gasteiger partial charge in [-0.05, 0) is 31.7 Å². The zero-order valence-corrected chi connectivity index (χ0v) is 11.3. The Morgan fingerprint density at radius 1 is 1.30 bits per heavy atom. The number of hydrogen-bond acceptors (Lipinski definition) is 3. The number of hydrogen-bond donors (Lipinski definition) is 2. The summed E-state index contributed by atoms with van der Waals surface area (Å²) in [6.07, 6.45) is -4.42. The molecule has 0 bridgehead atoms. The molecule has 0 aliphatic carbocycles. The molecule has 20 heavy (non-hydrogen) atoms. The number of nitrogens with one attached hydrogen (secondary N) is 2. The van der Waals surface area contributed by atoms with Crippen LogP contribution in [0.2, 0.25) is 0 Å². The van der Waals surface area contributed by atoms with Crippen molar-refractivity contribution in [1.82, 2.24) is 10.6 Å². The van der Waals surface area contributed by atoms with Crippen LogP contribution >= 0.6 is 0 Å². The van der Waals surface area contributed by atoms with Crippen LogP contribution in [0.5, 0.6) is 5.75 Å². The molecule has 1 amide bonds. The molecule has 1 aromatic carbocycles. The zero-order valence-electron chi connectivity index (χ0n) is 11.3. The van der Waals surface area contributed by atoms with E-state index in [4.69, 9.17) is 4.74 Å². The van der Waals surface area contributed by atoms with E-state index in [0.29, 0.717) is 5.75 Å². The van der Waals surface area contributed by atoms with Gasteiger partial charge in [0.05, 0.1) is 0 Å². The molecule has 0 aromatic heterocycles. The highest BCUT2D eigenvalue weighted by Gasteiger charge is 2.27. The lowest BCUT2D eigenvalue weighted by Gasteiger charge is -2.12. The monoisotopic (exact) mass is 290 g/mol. The third kappa shape index (κ3) is 5.92. The van der Waals surface area contributed by atoms with Crippen molar-refractivity contribution in [3.8, 4) is 5.75 Å². The van der Waals surface area contributed by atoms with Gasteiger partial charge in [0.25, 0.3) is 5.91 Å². The standard InChI is InChI=1S/C13H17F3N2O2/c1-9(17-2)10-3-5-11(6-4-10)20-7-12(19)18-8-13(14,15)16/h3-6,9,17H,7-8H2,1-2H3,(H,18,19). The van der Waals surface area contributed by atoms with E-state index in [2.05, 4.69) is 5.32 Å². The van der Waals surface area contributed by atoms with Gasteiger partial charge in [-0.1, -0.05) is 12.1 Å². The van der Waals surface area contributed by atoms with E-state index in [-0.39, 0.29) is 6.04 Å². The van der Waals surface area contributed by atoms with Gasteiger partial charge in [-0.3, -0.25) is 4.79 Å². The first-order valence-corrected chi connectivity index (χ1v) is 6.05. The van der Waals surface area contributed by atoms with Gasteiger partial charge in [0.15, 0.2) is 6.61 Å². The van der Waals surface area contributed by atoms with Crippen molar-refractivity contribution >= 4 is 5.91 Å². The van der Waals surface area contributed by atoms with Gasteiger partial charge in [0.2, 0.25) is 0 Å². The normalized spacial score (nSPS) is 12.8. The van der Waals surface area contributed by atoms with E-state index in [1.807, 2.05) is 26.1 Å². The molecule has 2 N–H and O–H groups in total. The summed E-state index contributed by atoms with van der Waals surface area (Å²) in [6.45, 7) is 0.186. The first-order valence-electron chi connectivity index (χ1n) is 6.05. The molecule has 0 heterocycles. The molecule has 1 aromatic rings. The Bertz CT molecular complexity index is 432. The zero-order chi connectivity index (χ0) is 15.2. The summed E-state index contributed by atoms with van der Waals surface area (Å²) in [5, 5.41) is 4.80. The fourth-order valence-electron chi connectivity index (χ4n) is 1.42. The summed E-state index contributed by atoms with van der Waals surface area (Å²) in [5.74, 6) is -0.380. The maximum atomic E-state index is 11.9. The van der Waals surface area contributed by atoms with Crippen LogP contribution in [0.25, 0.3) is 0 Å². The van der Waals surface area contributed by atoms with Crippen molar-refractivity contribution in [3.05, 3.63) is 29.8 Å². The van der Waals surface area contributed by atoms with Crippen molar-refractivity contribution in [2.24, 2.45) is 0 Å². The average molecular weight is 290 g/mol. The van der Waals surface area contributed by atoms with E-state index in [1.165, 1.54) is 0 Å². The van der Waals surface area contributed by atoms with Gasteiger partial charge in [-0.25, -0.2) is 0 Å². The number of carbonyl (C=O) groups excluding carboxylic acids is 1. The number of ether oxygens (including phenoxy) is 1. The predicted molar refractivity (Wildman–Crippen MR) is 68.5 cm³/mol. The Morgan fingerprint density at radius 3 is 2.40 bits per heavy atom. The Morgan fingerprint density at radius 2 is 1.90 bits per heavy atom. The number of alkyl halides is 3. The molecule has 0 aliphatic rings. The Labute approximate surface area is 115 Å². The predicted octanol–water partition coefficient (Wildman–Crippen LogP) is 2.02. The quantitative estimate of drug-likeness (QED) is 0.843. The number of rotatable bonds is 6. The van der Waals surface area contributed by atoms with Crippen LogP contribution in [0.4, 0.5) is 13.2 Å². The fourth-order valence-corrected chi connectivity index (χ4v) is 1.42. The first-order chi connectivity index (χ1) is 9.31. The van der Waals surface area contributed by atoms with Gasteiger partial charge >= 0.3 is 6.18 Å². The minimum Gasteiger partial charge on any atom is -0.484 e. The van der Waals surface area contributed by atoms with Crippen molar-refractivity contribution in [1.29, 1.82) is 0 Å². The summed E-state index contributed by atoms with van der Waals surface area (Å²) in [4.78, 5) is 11.1. The van der Waals surface area contributed by atoms with Gasteiger partial charge in [0.1, 0.15) is 12.3 Å². The fraction of sp³-hybridized carbons (Fsp3) is 0.462. The SMILES string of the molecule is CNC(C)c1ccc(OCC(=O)NCC(F)(F)F)cc1. The third-order valence-electron chi connectivity index (χ3n) is 2.67. The van der Waals surface area contributed by atoms with Crippen molar-refractivity contribution in [2.75, 3.05) is 20.2 Å². The molecular formula is C13H17F3N2O2. The average Bonchev–Trinajstić information content (AvgIpc) is 2.41. The van der Waals surface area contributed by atoms with Crippen LogP contribution in [-0.2, 0) is 4.79 Å². The third-order valence-corrected chi connectivity index (χ3v) is 2.67. The summed E-state index contributed by atoms with van der Waals surface area (Å²) in [5.41, 5.74) is 1.04. The lowest BCUT2D eigenvalue weighted by Crippen LogP contribution is -2.36. The van der Waals surface area contributed by atoms with Crippen LogP contribution in [-0.4, -0.2) is 32.3 Å². The van der Waals surface area contributed by atoms with Crippen LogP contribution in [0.15, 0.2) is 24.3 Å². The molecule has 0 spiro atoms. The highest BCUT2D eigenvalue weighted by atomic mass is 19.4. The Balaban J connectivity index is 2.40. The van der Waals surface area contributed by atoms with Gasteiger partial charge in [0, 0.05) is 6.04 Å². The van der Waals surface area contributed by atoms with Crippen LogP contribution in [0.1, 0.15) is 18.5 Å². The van der Waals surface area contributed by atoms with E-state index in [1.54, 1.807) is 17.4 Å². The number of halogens is 3. The number of benzene rings is 1. The molecule has 0 fully saturated rings. The lowest BCUT2D eigenvalue weighted by atomic mass is 10.1. The molecule has 0 radical (unpaired) electrons. The summed E-state index contributed by atoms with van der Waals surface area (Å²) >= 11 is 0. The summed E-state index contributed by atoms with van der Waals surface area (Å²) in [6, 6.07) is 7.16. The molecule has 112 valence electrons. The van der Waals surface area contributed by atoms with Crippen molar-refractivity contribution in [2.45, 2.75) is 19.1 Å². The highest BCUT2D eigenvalue weighted by Crippen LogP contribution is 2.17. The molecule has 1 rings (SSSR count). The molecule has 1 unspecified atom stereocenters. The Hall–Kier alpha value is -1.76. The minimum absolute atomic E-state index is 0.180. The molecule has 0 saturated carbocycles. The molecule has 0 aliphatic heterocycles. The Kier molecular flexibility index (Phi) is 5.82. The van der Waals surface area contributed by atoms with Gasteiger partial charge < -0.3 is 15.4 Å². The molecule has 1 atom stereocenters. The lowest BCUT2D eigenvalue weighted by molar-refractivity contribution is -0.139. The molecule has 0 saturated heterocycles. The second-order valence-electron chi connectivity index (χ2n) is 4.26. The molecule has 4 nitrogen and oxygen atoms in total. The van der Waals surface area contributed by atoms with E-state index in [9.17, 15) is 18.0 Å². The van der Waals surface area contributed by atoms with Crippen LogP contribution < -0.4 is 15.4 Å². The highest BCUT2D eigenvalue weighted by molar-refractivity contribution is 5.77. The van der Waals surface area contributed by atoms with Gasteiger partial charge in [-0.2, -0.15) is 13.2 Å². The largest absolute Gasteiger partial charge is 0.484 e. The summed E-state index contributed by atoms with van der Waals surface area (Å²) in [7, 11) is 1.83. The first kappa shape index (κ1) is 16.3. The van der Waals surface area contributed by atoms with E-state index >= 15 is 0 Å². The maximum absolute atomic E-state index is 11.9. The van der Waals surface area contributed by atoms with E-state index < -0.39 is 25.2 Å². The molecule has 7 heteroatoms. The second-order valence-corrected chi connectivity index (χ2v) is 4.26. The van der Waals surface area contributed by atoms with E-state index in [0.717, 1.165) is 5.56 Å². The van der Waals surface area contributed by atoms with Gasteiger partial charge in [-0.15, -0.1) is 0 Å². The van der Waals surface area contributed by atoms with Crippen molar-refractivity contribution in [3.63, 3.8) is 0 Å². The second kappa shape index (κ2) is 7.14. The van der Waals surface area contributed by atoms with Crippen LogP contribution in [0, 0.1) is 0 Å².